The number of para-hydroxylation sites is 1. The first-order valence-electron chi connectivity index (χ1n) is 6.70. The van der Waals surface area contributed by atoms with Crippen molar-refractivity contribution in [1.29, 1.82) is 0 Å². The lowest BCUT2D eigenvalue weighted by Gasteiger charge is -2.44. The Balaban J connectivity index is 2.26. The molecule has 1 heterocycles. The van der Waals surface area contributed by atoms with Crippen LogP contribution in [0.5, 0.6) is 0 Å². The number of nitrogens with one attached hydrogen (secondary N) is 1. The van der Waals surface area contributed by atoms with Gasteiger partial charge in [0.2, 0.25) is 0 Å². The molecule has 4 heteroatoms. The van der Waals surface area contributed by atoms with Crippen LogP contribution in [-0.4, -0.2) is 28.8 Å². The third-order valence-electron chi connectivity index (χ3n) is 3.97. The van der Waals surface area contributed by atoms with Crippen LogP contribution in [0, 0.1) is 0 Å². The van der Waals surface area contributed by atoms with Gasteiger partial charge in [-0.25, -0.2) is 4.79 Å². The zero-order chi connectivity index (χ0) is 13.9. The zero-order valence-electron chi connectivity index (χ0n) is 11.5. The quantitative estimate of drug-likeness (QED) is 0.877. The van der Waals surface area contributed by atoms with Crippen molar-refractivity contribution in [1.82, 2.24) is 0 Å². The van der Waals surface area contributed by atoms with E-state index in [4.69, 9.17) is 4.74 Å². The maximum Gasteiger partial charge on any atom is 0.329 e. The number of hydrogen-bond acceptors (Lipinski definition) is 3. The predicted molar refractivity (Wildman–Crippen MR) is 74.3 cm³/mol. The molecule has 1 aliphatic rings. The molecule has 104 valence electrons. The minimum atomic E-state index is -0.940. The Morgan fingerprint density at radius 1 is 1.42 bits per heavy atom. The molecule has 2 atom stereocenters. The summed E-state index contributed by atoms with van der Waals surface area (Å²) in [5.74, 6) is -0.806. The summed E-state index contributed by atoms with van der Waals surface area (Å²) in [5, 5.41) is 12.9. The first-order valence-corrected chi connectivity index (χ1v) is 6.70. The van der Waals surface area contributed by atoms with Crippen molar-refractivity contribution >= 4 is 11.7 Å². The minimum absolute atomic E-state index is 0.377. The van der Waals surface area contributed by atoms with E-state index in [1.807, 2.05) is 44.2 Å². The highest BCUT2D eigenvalue weighted by Gasteiger charge is 2.47. The Labute approximate surface area is 113 Å². The largest absolute Gasteiger partial charge is 0.480 e. The van der Waals surface area contributed by atoms with Crippen LogP contribution in [0.15, 0.2) is 30.3 Å². The number of benzene rings is 1. The smallest absolute Gasteiger partial charge is 0.329 e. The lowest BCUT2D eigenvalue weighted by molar-refractivity contribution is -0.154. The third-order valence-corrected chi connectivity index (χ3v) is 3.97. The maximum absolute atomic E-state index is 11.8. The number of anilines is 1. The summed E-state index contributed by atoms with van der Waals surface area (Å²) in [6.07, 6.45) is 1.76. The second kappa shape index (κ2) is 5.21. The number of rotatable bonds is 4. The standard InChI is InChI=1S/C15H21NO3/c1-3-14(2)11-15(13(17)18,9-10-19-14)16-12-7-5-4-6-8-12/h4-8,16H,3,9-11H2,1-2H3,(H,17,18). The van der Waals surface area contributed by atoms with Crippen LogP contribution in [0.3, 0.4) is 0 Å². The van der Waals surface area contributed by atoms with Gasteiger partial charge in [0.05, 0.1) is 12.2 Å². The van der Waals surface area contributed by atoms with E-state index in [-0.39, 0.29) is 5.60 Å². The Hall–Kier alpha value is -1.55. The van der Waals surface area contributed by atoms with Crippen LogP contribution in [0.25, 0.3) is 0 Å². The fourth-order valence-corrected chi connectivity index (χ4v) is 2.62. The fourth-order valence-electron chi connectivity index (χ4n) is 2.62. The average Bonchev–Trinajstić information content (AvgIpc) is 2.40. The van der Waals surface area contributed by atoms with Crippen molar-refractivity contribution in [3.8, 4) is 0 Å². The summed E-state index contributed by atoms with van der Waals surface area (Å²) in [6.45, 7) is 4.48. The lowest BCUT2D eigenvalue weighted by Crippen LogP contribution is -2.56. The highest BCUT2D eigenvalue weighted by molar-refractivity contribution is 5.83. The molecule has 2 N–H and O–H groups in total. The molecule has 0 aromatic heterocycles. The van der Waals surface area contributed by atoms with Crippen molar-refractivity contribution in [2.45, 2.75) is 44.2 Å². The van der Waals surface area contributed by atoms with Gasteiger partial charge in [0.15, 0.2) is 0 Å². The SMILES string of the molecule is CCC1(C)CC(Nc2ccccc2)(C(=O)O)CCO1. The van der Waals surface area contributed by atoms with Gasteiger partial charge in [0.1, 0.15) is 5.54 Å². The topological polar surface area (TPSA) is 58.6 Å². The zero-order valence-corrected chi connectivity index (χ0v) is 11.5. The molecule has 19 heavy (non-hydrogen) atoms. The minimum Gasteiger partial charge on any atom is -0.480 e. The molecule has 0 spiro atoms. The Morgan fingerprint density at radius 2 is 2.11 bits per heavy atom. The van der Waals surface area contributed by atoms with Crippen LogP contribution >= 0.6 is 0 Å². The van der Waals surface area contributed by atoms with Gasteiger partial charge in [0.25, 0.3) is 0 Å². The van der Waals surface area contributed by atoms with Gasteiger partial charge in [-0.3, -0.25) is 0 Å². The van der Waals surface area contributed by atoms with E-state index in [0.29, 0.717) is 19.4 Å². The van der Waals surface area contributed by atoms with E-state index in [9.17, 15) is 9.90 Å². The van der Waals surface area contributed by atoms with Crippen LogP contribution < -0.4 is 5.32 Å². The summed E-state index contributed by atoms with van der Waals surface area (Å²) >= 11 is 0. The second-order valence-corrected chi connectivity index (χ2v) is 5.46. The number of hydrogen-bond donors (Lipinski definition) is 2. The molecule has 1 saturated heterocycles. The van der Waals surface area contributed by atoms with Gasteiger partial charge in [0, 0.05) is 18.5 Å². The molecule has 1 aliphatic heterocycles. The second-order valence-electron chi connectivity index (χ2n) is 5.46. The van der Waals surface area contributed by atoms with E-state index < -0.39 is 11.5 Å². The molecule has 1 aromatic carbocycles. The third kappa shape index (κ3) is 2.89. The molecular weight excluding hydrogens is 242 g/mol. The summed E-state index contributed by atoms with van der Waals surface area (Å²) < 4.78 is 5.75. The monoisotopic (exact) mass is 263 g/mol. The summed E-state index contributed by atoms with van der Waals surface area (Å²) in [5.41, 5.74) is -0.478. The molecule has 1 aromatic rings. The number of carbonyl (C=O) groups is 1. The normalized spacial score (nSPS) is 30.8. The summed E-state index contributed by atoms with van der Waals surface area (Å²) in [4.78, 5) is 11.8. The summed E-state index contributed by atoms with van der Waals surface area (Å²) in [6, 6.07) is 9.50. The molecule has 0 aliphatic carbocycles. The average molecular weight is 263 g/mol. The number of ether oxygens (including phenoxy) is 1. The highest BCUT2D eigenvalue weighted by atomic mass is 16.5. The molecular formula is C15H21NO3. The first kappa shape index (κ1) is 13.9. The number of aliphatic carboxylic acids is 1. The van der Waals surface area contributed by atoms with Crippen LogP contribution in [-0.2, 0) is 9.53 Å². The van der Waals surface area contributed by atoms with Crippen LogP contribution in [0.1, 0.15) is 33.1 Å². The Bertz CT molecular complexity index is 448. The summed E-state index contributed by atoms with van der Waals surface area (Å²) in [7, 11) is 0. The molecule has 0 amide bonds. The lowest BCUT2D eigenvalue weighted by atomic mass is 9.79. The van der Waals surface area contributed by atoms with Crippen molar-refractivity contribution in [3.05, 3.63) is 30.3 Å². The fraction of sp³-hybridized carbons (Fsp3) is 0.533. The highest BCUT2D eigenvalue weighted by Crippen LogP contribution is 2.37. The molecule has 2 unspecified atom stereocenters. The van der Waals surface area contributed by atoms with Crippen molar-refractivity contribution in [2.24, 2.45) is 0 Å². The van der Waals surface area contributed by atoms with Gasteiger partial charge >= 0.3 is 5.97 Å². The van der Waals surface area contributed by atoms with Crippen molar-refractivity contribution in [2.75, 3.05) is 11.9 Å². The van der Waals surface area contributed by atoms with E-state index in [0.717, 1.165) is 12.1 Å². The molecule has 0 bridgehead atoms. The van der Waals surface area contributed by atoms with E-state index in [2.05, 4.69) is 5.32 Å². The molecule has 0 saturated carbocycles. The van der Waals surface area contributed by atoms with Crippen molar-refractivity contribution < 1.29 is 14.6 Å². The molecule has 0 radical (unpaired) electrons. The number of carboxylic acid groups (broad SMARTS) is 1. The van der Waals surface area contributed by atoms with Gasteiger partial charge < -0.3 is 15.2 Å². The van der Waals surface area contributed by atoms with Gasteiger partial charge in [-0.15, -0.1) is 0 Å². The van der Waals surface area contributed by atoms with Crippen LogP contribution in [0.2, 0.25) is 0 Å². The maximum atomic E-state index is 11.8. The van der Waals surface area contributed by atoms with Gasteiger partial charge in [-0.1, -0.05) is 25.1 Å². The van der Waals surface area contributed by atoms with Gasteiger partial charge in [-0.2, -0.15) is 0 Å². The van der Waals surface area contributed by atoms with Crippen molar-refractivity contribution in [3.63, 3.8) is 0 Å². The van der Waals surface area contributed by atoms with E-state index >= 15 is 0 Å². The Kier molecular flexibility index (Phi) is 3.80. The molecule has 1 fully saturated rings. The first-order chi connectivity index (χ1) is 9.00. The molecule has 4 nitrogen and oxygen atoms in total. The predicted octanol–water partition coefficient (Wildman–Crippen LogP) is 2.90. The number of carboxylic acids is 1. The molecule has 2 rings (SSSR count). The van der Waals surface area contributed by atoms with E-state index in [1.54, 1.807) is 0 Å². The van der Waals surface area contributed by atoms with Crippen LogP contribution in [0.4, 0.5) is 5.69 Å². The Morgan fingerprint density at radius 3 is 2.68 bits per heavy atom. The van der Waals surface area contributed by atoms with Gasteiger partial charge in [-0.05, 0) is 25.5 Å². The van der Waals surface area contributed by atoms with E-state index in [1.165, 1.54) is 0 Å².